The van der Waals surface area contributed by atoms with E-state index in [2.05, 4.69) is 4.74 Å². The van der Waals surface area contributed by atoms with Gasteiger partial charge in [0.05, 0.1) is 19.1 Å². The van der Waals surface area contributed by atoms with Crippen LogP contribution >= 0.6 is 0 Å². The minimum absolute atomic E-state index is 0.0610. The van der Waals surface area contributed by atoms with E-state index >= 15 is 0 Å². The van der Waals surface area contributed by atoms with Crippen LogP contribution in [-0.4, -0.2) is 13.1 Å². The summed E-state index contributed by atoms with van der Waals surface area (Å²) >= 11 is 0. The van der Waals surface area contributed by atoms with Gasteiger partial charge in [0, 0.05) is 5.39 Å². The van der Waals surface area contributed by atoms with Crippen molar-refractivity contribution in [2.75, 3.05) is 7.11 Å². The highest BCUT2D eigenvalue weighted by Gasteiger charge is 2.15. The molecule has 1 aromatic heterocycles. The summed E-state index contributed by atoms with van der Waals surface area (Å²) in [5.41, 5.74) is 2.14. The highest BCUT2D eigenvalue weighted by molar-refractivity contribution is 5.85. The minimum atomic E-state index is -0.472. The van der Waals surface area contributed by atoms with Crippen LogP contribution < -0.4 is 5.63 Å². The standard InChI is InChI=1S/C14H14O4/c1-8-5-4-6-10-9(2)11(7-12(15)17-3)14(16)18-13(8)10/h4-6H,7H2,1-3H3. The van der Waals surface area contributed by atoms with Crippen LogP contribution in [-0.2, 0) is 16.0 Å². The predicted molar refractivity (Wildman–Crippen MR) is 67.7 cm³/mol. The number of hydrogen-bond acceptors (Lipinski definition) is 4. The molecule has 18 heavy (non-hydrogen) atoms. The van der Waals surface area contributed by atoms with Gasteiger partial charge in [-0.3, -0.25) is 4.79 Å². The third kappa shape index (κ3) is 2.01. The van der Waals surface area contributed by atoms with Crippen LogP contribution in [0.25, 0.3) is 11.0 Å². The van der Waals surface area contributed by atoms with E-state index in [1.54, 1.807) is 0 Å². The lowest BCUT2D eigenvalue weighted by Gasteiger charge is -2.08. The van der Waals surface area contributed by atoms with Crippen molar-refractivity contribution in [2.24, 2.45) is 0 Å². The van der Waals surface area contributed by atoms with Gasteiger partial charge in [-0.05, 0) is 25.0 Å². The Bertz CT molecular complexity index is 667. The molecule has 0 unspecified atom stereocenters. The van der Waals surface area contributed by atoms with Crippen molar-refractivity contribution in [2.45, 2.75) is 20.3 Å². The highest BCUT2D eigenvalue weighted by Crippen LogP contribution is 2.22. The molecule has 0 bridgehead atoms. The molecule has 0 fully saturated rings. The zero-order valence-corrected chi connectivity index (χ0v) is 10.6. The predicted octanol–water partition coefficient (Wildman–Crippen LogP) is 2.13. The van der Waals surface area contributed by atoms with Crippen LogP contribution in [0, 0.1) is 13.8 Å². The first-order chi connectivity index (χ1) is 8.54. The molecular formula is C14H14O4. The van der Waals surface area contributed by atoms with Crippen LogP contribution in [0.4, 0.5) is 0 Å². The fourth-order valence-corrected chi connectivity index (χ4v) is 1.97. The molecule has 0 saturated carbocycles. The molecule has 0 atom stereocenters. The van der Waals surface area contributed by atoms with Gasteiger partial charge in [0.1, 0.15) is 5.58 Å². The Labute approximate surface area is 104 Å². The molecular weight excluding hydrogens is 232 g/mol. The number of aryl methyl sites for hydroxylation is 2. The van der Waals surface area contributed by atoms with Crippen molar-refractivity contribution < 1.29 is 13.9 Å². The molecule has 0 aliphatic carbocycles. The van der Waals surface area contributed by atoms with Crippen molar-refractivity contribution >= 4 is 16.9 Å². The summed E-state index contributed by atoms with van der Waals surface area (Å²) in [6, 6.07) is 5.65. The van der Waals surface area contributed by atoms with Crippen molar-refractivity contribution in [1.82, 2.24) is 0 Å². The Hall–Kier alpha value is -2.10. The zero-order chi connectivity index (χ0) is 13.3. The SMILES string of the molecule is COC(=O)Cc1c(C)c2cccc(C)c2oc1=O. The number of hydrogen-bond donors (Lipinski definition) is 0. The van der Waals surface area contributed by atoms with Gasteiger partial charge in [0.15, 0.2) is 0 Å². The van der Waals surface area contributed by atoms with E-state index in [1.165, 1.54) is 7.11 Å². The van der Waals surface area contributed by atoms with Crippen LogP contribution in [0.15, 0.2) is 27.4 Å². The number of methoxy groups -OCH3 is 1. The van der Waals surface area contributed by atoms with E-state index in [0.29, 0.717) is 11.1 Å². The van der Waals surface area contributed by atoms with E-state index in [0.717, 1.165) is 16.5 Å². The van der Waals surface area contributed by atoms with Crippen molar-refractivity contribution in [3.8, 4) is 0 Å². The highest BCUT2D eigenvalue weighted by atomic mass is 16.5. The fraction of sp³-hybridized carbons (Fsp3) is 0.286. The van der Waals surface area contributed by atoms with Crippen LogP contribution in [0.1, 0.15) is 16.7 Å². The second-order valence-corrected chi connectivity index (χ2v) is 4.20. The Balaban J connectivity index is 2.70. The van der Waals surface area contributed by atoms with Gasteiger partial charge in [-0.15, -0.1) is 0 Å². The lowest BCUT2D eigenvalue weighted by molar-refractivity contribution is -0.139. The van der Waals surface area contributed by atoms with Crippen molar-refractivity contribution in [1.29, 1.82) is 0 Å². The largest absolute Gasteiger partial charge is 0.469 e. The van der Waals surface area contributed by atoms with E-state index in [-0.39, 0.29) is 6.42 Å². The summed E-state index contributed by atoms with van der Waals surface area (Å²) in [7, 11) is 1.30. The average molecular weight is 246 g/mol. The van der Waals surface area contributed by atoms with E-state index in [9.17, 15) is 9.59 Å². The molecule has 0 N–H and O–H groups in total. The molecule has 94 valence electrons. The number of para-hydroxylation sites is 1. The van der Waals surface area contributed by atoms with Gasteiger partial charge >= 0.3 is 11.6 Å². The summed E-state index contributed by atoms with van der Waals surface area (Å²) in [6.07, 6.45) is -0.0610. The number of ether oxygens (including phenoxy) is 1. The Morgan fingerprint density at radius 2 is 2.06 bits per heavy atom. The number of benzene rings is 1. The normalized spacial score (nSPS) is 10.6. The molecule has 0 amide bonds. The van der Waals surface area contributed by atoms with Gasteiger partial charge in [0.2, 0.25) is 0 Å². The Morgan fingerprint density at radius 1 is 1.33 bits per heavy atom. The summed E-state index contributed by atoms with van der Waals surface area (Å²) in [6.45, 7) is 3.70. The Morgan fingerprint density at radius 3 is 2.72 bits per heavy atom. The number of carbonyl (C=O) groups is 1. The first-order valence-corrected chi connectivity index (χ1v) is 5.63. The molecule has 4 nitrogen and oxygen atoms in total. The topological polar surface area (TPSA) is 56.5 Å². The summed E-state index contributed by atoms with van der Waals surface area (Å²) in [4.78, 5) is 23.2. The number of esters is 1. The lowest BCUT2D eigenvalue weighted by atomic mass is 10.0. The van der Waals surface area contributed by atoms with Gasteiger partial charge in [-0.2, -0.15) is 0 Å². The summed E-state index contributed by atoms with van der Waals surface area (Å²) in [5.74, 6) is -0.447. The summed E-state index contributed by atoms with van der Waals surface area (Å²) in [5, 5.41) is 0.855. The van der Waals surface area contributed by atoms with Gasteiger partial charge < -0.3 is 9.15 Å². The maximum atomic E-state index is 11.9. The quantitative estimate of drug-likeness (QED) is 0.601. The second kappa shape index (κ2) is 4.64. The number of carbonyl (C=O) groups excluding carboxylic acids is 1. The number of rotatable bonds is 2. The first kappa shape index (κ1) is 12.4. The Kier molecular flexibility index (Phi) is 3.19. The maximum Gasteiger partial charge on any atom is 0.340 e. The van der Waals surface area contributed by atoms with Gasteiger partial charge in [-0.25, -0.2) is 4.79 Å². The second-order valence-electron chi connectivity index (χ2n) is 4.20. The molecule has 2 rings (SSSR count). The van der Waals surface area contributed by atoms with Crippen LogP contribution in [0.2, 0.25) is 0 Å². The van der Waals surface area contributed by atoms with Crippen molar-refractivity contribution in [3.05, 3.63) is 45.3 Å². The average Bonchev–Trinajstić information content (AvgIpc) is 2.35. The zero-order valence-electron chi connectivity index (χ0n) is 10.6. The molecule has 1 heterocycles. The van der Waals surface area contributed by atoms with E-state index in [4.69, 9.17) is 4.42 Å². The molecule has 2 aromatic rings. The van der Waals surface area contributed by atoms with Crippen molar-refractivity contribution in [3.63, 3.8) is 0 Å². The molecule has 0 aliphatic rings. The minimum Gasteiger partial charge on any atom is -0.469 e. The maximum absolute atomic E-state index is 11.9. The van der Waals surface area contributed by atoms with Gasteiger partial charge in [0.25, 0.3) is 0 Å². The third-order valence-corrected chi connectivity index (χ3v) is 3.06. The summed E-state index contributed by atoms with van der Waals surface area (Å²) < 4.78 is 9.87. The molecule has 4 heteroatoms. The third-order valence-electron chi connectivity index (χ3n) is 3.06. The lowest BCUT2D eigenvalue weighted by Crippen LogP contribution is -2.16. The molecule has 0 radical (unpaired) electrons. The first-order valence-electron chi connectivity index (χ1n) is 5.63. The molecule has 0 spiro atoms. The molecule has 0 saturated heterocycles. The van der Waals surface area contributed by atoms with E-state index in [1.807, 2.05) is 32.0 Å². The van der Waals surface area contributed by atoms with E-state index < -0.39 is 11.6 Å². The monoisotopic (exact) mass is 246 g/mol. The molecule has 0 aliphatic heterocycles. The smallest absolute Gasteiger partial charge is 0.340 e. The molecule has 1 aromatic carbocycles. The van der Waals surface area contributed by atoms with Gasteiger partial charge in [-0.1, -0.05) is 18.2 Å². The van der Waals surface area contributed by atoms with Crippen LogP contribution in [0.3, 0.4) is 0 Å². The number of fused-ring (bicyclic) bond motifs is 1. The fourth-order valence-electron chi connectivity index (χ4n) is 1.97. The van der Waals surface area contributed by atoms with Crippen LogP contribution in [0.5, 0.6) is 0 Å².